The van der Waals surface area contributed by atoms with Crippen LogP contribution in [0, 0.1) is 56.5 Å². The van der Waals surface area contributed by atoms with Crippen LogP contribution >= 0.6 is 0 Å². The van der Waals surface area contributed by atoms with E-state index in [9.17, 15) is 14.9 Å². The number of carbonyl (C=O) groups excluding carboxylic acids is 1. The molecule has 0 saturated heterocycles. The van der Waals surface area contributed by atoms with Crippen molar-refractivity contribution in [1.82, 2.24) is 0 Å². The molecule has 0 aromatic rings. The number of hydrogen-bond acceptors (Lipinski definition) is 4. The molecule has 0 aliphatic heterocycles. The molecule has 4 rings (SSSR count). The second-order valence-corrected chi connectivity index (χ2v) is 13.3. The van der Waals surface area contributed by atoms with E-state index in [2.05, 4.69) is 34.6 Å². The lowest BCUT2D eigenvalue weighted by Gasteiger charge is -2.57. The highest BCUT2D eigenvalue weighted by Gasteiger charge is 2.61. The van der Waals surface area contributed by atoms with E-state index in [0.717, 1.165) is 36.2 Å². The highest BCUT2D eigenvalue weighted by Crippen LogP contribution is 2.68. The lowest BCUT2D eigenvalue weighted by atomic mass is 9.46. The number of hydrogen-bond donors (Lipinski definition) is 0. The molecule has 0 aromatic carbocycles. The summed E-state index contributed by atoms with van der Waals surface area (Å²) in [7, 11) is 0. The zero-order valence-electron chi connectivity index (χ0n) is 22.4. The largest absolute Gasteiger partial charge is 0.462 e. The van der Waals surface area contributed by atoms with Gasteiger partial charge in [-0.2, -0.15) is 0 Å². The number of allylic oxidation sites excluding steroid dienone is 1. The molecule has 0 heterocycles. The summed E-state index contributed by atoms with van der Waals surface area (Å²) in [4.78, 5) is 23.8. The molecular weight excluding hydrogens is 426 g/mol. The molecule has 192 valence electrons. The van der Waals surface area contributed by atoms with Crippen molar-refractivity contribution in [3.8, 4) is 0 Å². The van der Waals surface area contributed by atoms with Crippen LogP contribution in [0.2, 0.25) is 0 Å². The van der Waals surface area contributed by atoms with Crippen molar-refractivity contribution in [2.45, 2.75) is 118 Å². The molecule has 0 radical (unpaired) electrons. The molecule has 0 spiro atoms. The minimum Gasteiger partial charge on any atom is -0.462 e. The van der Waals surface area contributed by atoms with Crippen LogP contribution in [0.25, 0.3) is 0 Å². The van der Waals surface area contributed by atoms with E-state index < -0.39 is 0 Å². The number of carbonyl (C=O) groups is 1. The lowest BCUT2D eigenvalue weighted by Crippen LogP contribution is -2.52. The summed E-state index contributed by atoms with van der Waals surface area (Å²) >= 11 is 0. The average Bonchev–Trinajstić information content (AvgIpc) is 3.08. The second kappa shape index (κ2) is 9.58. The summed E-state index contributed by atoms with van der Waals surface area (Å²) in [6.45, 7) is 13.3. The number of nitrogens with zero attached hydrogens (tertiary/aromatic N) is 1. The van der Waals surface area contributed by atoms with Gasteiger partial charge in [0.1, 0.15) is 6.10 Å². The quantitative estimate of drug-likeness (QED) is 0.217. The van der Waals surface area contributed by atoms with E-state index in [-0.39, 0.29) is 22.4 Å². The predicted molar refractivity (Wildman–Crippen MR) is 135 cm³/mol. The van der Waals surface area contributed by atoms with Gasteiger partial charge >= 0.3 is 5.97 Å². The smallest absolute Gasteiger partial charge is 0.302 e. The fraction of sp³-hybridized carbons (Fsp3) is 0.897. The van der Waals surface area contributed by atoms with Crippen molar-refractivity contribution in [3.63, 3.8) is 0 Å². The van der Waals surface area contributed by atoms with Gasteiger partial charge in [0.2, 0.25) is 5.70 Å². The van der Waals surface area contributed by atoms with Crippen LogP contribution in [-0.2, 0) is 9.53 Å². The topological polar surface area (TPSA) is 69.4 Å². The molecule has 0 aromatic heterocycles. The van der Waals surface area contributed by atoms with Crippen molar-refractivity contribution >= 4 is 5.97 Å². The zero-order valence-corrected chi connectivity index (χ0v) is 22.4. The third-order valence-corrected chi connectivity index (χ3v) is 10.8. The maximum atomic E-state index is 12.3. The van der Waals surface area contributed by atoms with Gasteiger partial charge in [0.25, 0.3) is 0 Å². The summed E-state index contributed by atoms with van der Waals surface area (Å²) in [6.07, 6.45) is 11.6. The van der Waals surface area contributed by atoms with Gasteiger partial charge in [-0.1, -0.05) is 47.5 Å². The number of esters is 1. The van der Waals surface area contributed by atoms with Crippen LogP contribution < -0.4 is 0 Å². The van der Waals surface area contributed by atoms with Crippen LogP contribution in [-0.4, -0.2) is 17.0 Å². The van der Waals surface area contributed by atoms with Gasteiger partial charge in [-0.25, -0.2) is 0 Å². The standard InChI is InChI=1S/C29H47NO4/c1-18(2)7-8-19(3)15-21-9-10-24-23-17-27(30(32)33)26-16-22(34-20(4)31)11-13-29(26,6)25(23)12-14-28(21,24)5/h18-19,21-25H,7-17H2,1-6H3. The van der Waals surface area contributed by atoms with Gasteiger partial charge in [0, 0.05) is 25.3 Å². The summed E-state index contributed by atoms with van der Waals surface area (Å²) in [5, 5.41) is 12.3. The summed E-state index contributed by atoms with van der Waals surface area (Å²) in [5.41, 5.74) is 1.67. The van der Waals surface area contributed by atoms with Gasteiger partial charge in [-0.3, -0.25) is 14.9 Å². The number of rotatable bonds is 7. The van der Waals surface area contributed by atoms with Crippen LogP contribution in [0.5, 0.6) is 0 Å². The lowest BCUT2D eigenvalue weighted by molar-refractivity contribution is -0.434. The maximum Gasteiger partial charge on any atom is 0.302 e. The van der Waals surface area contributed by atoms with E-state index in [4.69, 9.17) is 4.74 Å². The fourth-order valence-electron chi connectivity index (χ4n) is 8.98. The fourth-order valence-corrected chi connectivity index (χ4v) is 8.98. The normalized spacial score (nSPS) is 40.4. The number of nitro groups is 1. The minimum absolute atomic E-state index is 0.0910. The third kappa shape index (κ3) is 4.57. The Morgan fingerprint density at radius 3 is 2.44 bits per heavy atom. The molecule has 5 nitrogen and oxygen atoms in total. The Balaban J connectivity index is 1.57. The first-order chi connectivity index (χ1) is 16.0. The predicted octanol–water partition coefficient (Wildman–Crippen LogP) is 7.56. The van der Waals surface area contributed by atoms with E-state index in [1.807, 2.05) is 0 Å². The summed E-state index contributed by atoms with van der Waals surface area (Å²) in [6, 6.07) is 0. The highest BCUT2D eigenvalue weighted by atomic mass is 16.6. The van der Waals surface area contributed by atoms with Gasteiger partial charge in [-0.15, -0.1) is 0 Å². The highest BCUT2D eigenvalue weighted by molar-refractivity contribution is 5.66. The van der Waals surface area contributed by atoms with E-state index in [1.54, 1.807) is 0 Å². The molecule has 0 bridgehead atoms. The Morgan fingerprint density at radius 1 is 1.06 bits per heavy atom. The van der Waals surface area contributed by atoms with Gasteiger partial charge in [-0.05, 0) is 91.3 Å². The Labute approximate surface area is 206 Å². The molecule has 3 fully saturated rings. The first-order valence-corrected chi connectivity index (χ1v) is 14.0. The van der Waals surface area contributed by atoms with Crippen LogP contribution in [0.3, 0.4) is 0 Å². The molecule has 5 heteroatoms. The Morgan fingerprint density at radius 2 is 1.79 bits per heavy atom. The Kier molecular flexibility index (Phi) is 7.24. The van der Waals surface area contributed by atoms with Gasteiger partial charge < -0.3 is 4.74 Å². The SMILES string of the molecule is CC(=O)OC1CCC2(C)C(=C([N+](=O)[O-])CC3C2CCC2(C)C(CC(C)CCC(C)C)CCC32)C1. The van der Waals surface area contributed by atoms with Crippen molar-refractivity contribution in [2.75, 3.05) is 0 Å². The minimum atomic E-state index is -0.279. The van der Waals surface area contributed by atoms with Gasteiger partial charge in [0.15, 0.2) is 0 Å². The van der Waals surface area contributed by atoms with Gasteiger partial charge in [0.05, 0.1) is 4.92 Å². The molecule has 3 saturated carbocycles. The number of fused-ring (bicyclic) bond motifs is 5. The molecule has 4 aliphatic carbocycles. The average molecular weight is 474 g/mol. The molecular formula is C29H47NO4. The number of ether oxygens (including phenoxy) is 1. The summed E-state index contributed by atoms with van der Waals surface area (Å²) < 4.78 is 5.52. The van der Waals surface area contributed by atoms with E-state index in [0.29, 0.717) is 41.7 Å². The molecule has 0 N–H and O–H groups in total. The van der Waals surface area contributed by atoms with Crippen LogP contribution in [0.4, 0.5) is 0 Å². The third-order valence-electron chi connectivity index (χ3n) is 10.8. The van der Waals surface area contributed by atoms with Crippen LogP contribution in [0.15, 0.2) is 11.3 Å². The monoisotopic (exact) mass is 473 g/mol. The molecule has 8 atom stereocenters. The van der Waals surface area contributed by atoms with E-state index in [1.165, 1.54) is 51.9 Å². The first-order valence-electron chi connectivity index (χ1n) is 14.0. The van der Waals surface area contributed by atoms with Crippen molar-refractivity contribution in [1.29, 1.82) is 0 Å². The van der Waals surface area contributed by atoms with E-state index >= 15 is 0 Å². The molecule has 8 unspecified atom stereocenters. The van der Waals surface area contributed by atoms with Crippen molar-refractivity contribution in [2.24, 2.45) is 46.3 Å². The summed E-state index contributed by atoms with van der Waals surface area (Å²) in [5.74, 6) is 3.57. The maximum absolute atomic E-state index is 12.3. The van der Waals surface area contributed by atoms with Crippen molar-refractivity contribution < 1.29 is 14.5 Å². The second-order valence-electron chi connectivity index (χ2n) is 13.3. The zero-order chi connectivity index (χ0) is 24.8. The molecule has 34 heavy (non-hydrogen) atoms. The molecule has 0 amide bonds. The van der Waals surface area contributed by atoms with Crippen molar-refractivity contribution in [3.05, 3.63) is 21.4 Å². The Hall–Kier alpha value is -1.39. The Bertz CT molecular complexity index is 834. The van der Waals surface area contributed by atoms with Crippen LogP contribution in [0.1, 0.15) is 112 Å². The first kappa shape index (κ1) is 25.7. The molecule has 4 aliphatic rings.